The van der Waals surface area contributed by atoms with E-state index in [0.29, 0.717) is 13.2 Å². The number of hydrogen-bond donors (Lipinski definition) is 1. The van der Waals surface area contributed by atoms with Crippen molar-refractivity contribution in [3.63, 3.8) is 0 Å². The SMILES string of the molecule is CC(COC1CCOC1)NS(=O)(=O)c1cccc(F)c1F. The summed E-state index contributed by atoms with van der Waals surface area (Å²) in [6.07, 6.45) is 0.709. The Labute approximate surface area is 122 Å². The van der Waals surface area contributed by atoms with Gasteiger partial charge in [-0.25, -0.2) is 21.9 Å². The molecule has 1 aromatic rings. The second kappa shape index (κ2) is 6.78. The summed E-state index contributed by atoms with van der Waals surface area (Å²) in [5, 5.41) is 0. The van der Waals surface area contributed by atoms with Crippen molar-refractivity contribution in [3.8, 4) is 0 Å². The monoisotopic (exact) mass is 321 g/mol. The molecule has 0 radical (unpaired) electrons. The van der Waals surface area contributed by atoms with E-state index in [9.17, 15) is 17.2 Å². The highest BCUT2D eigenvalue weighted by atomic mass is 32.2. The first-order valence-electron chi connectivity index (χ1n) is 6.56. The summed E-state index contributed by atoms with van der Waals surface area (Å²) in [4.78, 5) is -0.710. The summed E-state index contributed by atoms with van der Waals surface area (Å²) < 4.78 is 63.5. The highest BCUT2D eigenvalue weighted by molar-refractivity contribution is 7.89. The third-order valence-corrected chi connectivity index (χ3v) is 4.64. The van der Waals surface area contributed by atoms with Crippen LogP contribution in [0.4, 0.5) is 8.78 Å². The minimum Gasteiger partial charge on any atom is -0.379 e. The van der Waals surface area contributed by atoms with Crippen molar-refractivity contribution in [3.05, 3.63) is 29.8 Å². The predicted molar refractivity (Wildman–Crippen MR) is 71.3 cm³/mol. The number of halogens is 2. The van der Waals surface area contributed by atoms with Gasteiger partial charge in [-0.05, 0) is 25.5 Å². The quantitative estimate of drug-likeness (QED) is 0.861. The van der Waals surface area contributed by atoms with Gasteiger partial charge in [-0.3, -0.25) is 0 Å². The van der Waals surface area contributed by atoms with Crippen LogP contribution in [0.15, 0.2) is 23.1 Å². The fourth-order valence-electron chi connectivity index (χ4n) is 1.98. The van der Waals surface area contributed by atoms with E-state index in [0.717, 1.165) is 24.6 Å². The Kier molecular flexibility index (Phi) is 5.26. The van der Waals surface area contributed by atoms with Gasteiger partial charge in [0.15, 0.2) is 11.6 Å². The molecule has 0 spiro atoms. The first-order chi connectivity index (χ1) is 9.90. The topological polar surface area (TPSA) is 64.6 Å². The Hall–Kier alpha value is -1.09. The number of benzene rings is 1. The molecular formula is C13H17F2NO4S. The molecule has 0 aromatic heterocycles. The molecule has 0 aliphatic carbocycles. The van der Waals surface area contributed by atoms with Crippen molar-refractivity contribution < 1.29 is 26.7 Å². The fourth-order valence-corrected chi connectivity index (χ4v) is 3.29. The largest absolute Gasteiger partial charge is 0.379 e. The molecule has 0 amide bonds. The summed E-state index contributed by atoms with van der Waals surface area (Å²) in [6, 6.07) is 2.45. The second-order valence-corrected chi connectivity index (χ2v) is 6.58. The van der Waals surface area contributed by atoms with Crippen LogP contribution in [0.2, 0.25) is 0 Å². The minimum atomic E-state index is -4.13. The Morgan fingerprint density at radius 3 is 2.90 bits per heavy atom. The van der Waals surface area contributed by atoms with Gasteiger partial charge < -0.3 is 9.47 Å². The average Bonchev–Trinajstić information content (AvgIpc) is 2.92. The Balaban J connectivity index is 1.98. The highest BCUT2D eigenvalue weighted by Crippen LogP contribution is 2.17. The van der Waals surface area contributed by atoms with Gasteiger partial charge >= 0.3 is 0 Å². The standard InChI is InChI=1S/C13H17F2NO4S/c1-9(7-20-10-5-6-19-8-10)16-21(17,18)12-4-2-3-11(14)13(12)15/h2-4,9-10,16H,5-8H2,1H3. The van der Waals surface area contributed by atoms with Gasteiger partial charge in [-0.2, -0.15) is 0 Å². The van der Waals surface area contributed by atoms with Crippen molar-refractivity contribution >= 4 is 10.0 Å². The maximum Gasteiger partial charge on any atom is 0.243 e. The van der Waals surface area contributed by atoms with Gasteiger partial charge in [0.2, 0.25) is 10.0 Å². The molecule has 8 heteroatoms. The van der Waals surface area contributed by atoms with Crippen molar-refractivity contribution in [1.29, 1.82) is 0 Å². The first-order valence-corrected chi connectivity index (χ1v) is 8.04. The van der Waals surface area contributed by atoms with Gasteiger partial charge in [0, 0.05) is 12.6 Å². The van der Waals surface area contributed by atoms with Crippen LogP contribution in [0, 0.1) is 11.6 Å². The summed E-state index contributed by atoms with van der Waals surface area (Å²) >= 11 is 0. The molecule has 2 atom stereocenters. The van der Waals surface area contributed by atoms with Crippen molar-refractivity contribution in [2.24, 2.45) is 0 Å². The third-order valence-electron chi connectivity index (χ3n) is 3.03. The van der Waals surface area contributed by atoms with Crippen LogP contribution in [-0.2, 0) is 19.5 Å². The normalized spacial score (nSPS) is 20.6. The van der Waals surface area contributed by atoms with E-state index in [-0.39, 0.29) is 12.7 Å². The first kappa shape index (κ1) is 16.3. The van der Waals surface area contributed by atoms with Crippen molar-refractivity contribution in [1.82, 2.24) is 4.72 Å². The van der Waals surface area contributed by atoms with E-state index in [1.54, 1.807) is 6.92 Å². The zero-order valence-corrected chi connectivity index (χ0v) is 12.3. The lowest BCUT2D eigenvalue weighted by molar-refractivity contribution is 0.0353. The molecular weight excluding hydrogens is 304 g/mol. The van der Waals surface area contributed by atoms with E-state index in [1.165, 1.54) is 0 Å². The second-order valence-electron chi connectivity index (χ2n) is 4.89. The van der Waals surface area contributed by atoms with Gasteiger partial charge in [0.05, 0.1) is 19.3 Å². The predicted octanol–water partition coefficient (Wildman–Crippen LogP) is 1.44. The molecule has 1 aliphatic heterocycles. The lowest BCUT2D eigenvalue weighted by Crippen LogP contribution is -2.37. The summed E-state index contributed by atoms with van der Waals surface area (Å²) in [5.41, 5.74) is 0. The van der Waals surface area contributed by atoms with Crippen molar-refractivity contribution in [2.75, 3.05) is 19.8 Å². The number of ether oxygens (including phenoxy) is 2. The van der Waals surface area contributed by atoms with E-state index in [2.05, 4.69) is 4.72 Å². The third kappa shape index (κ3) is 4.19. The van der Waals surface area contributed by atoms with Crippen LogP contribution in [0.25, 0.3) is 0 Å². The molecule has 2 unspecified atom stereocenters. The molecule has 1 fully saturated rings. The summed E-state index contributed by atoms with van der Waals surface area (Å²) in [7, 11) is -4.13. The number of rotatable bonds is 6. The number of nitrogens with one attached hydrogen (secondary N) is 1. The number of hydrogen-bond acceptors (Lipinski definition) is 4. The fraction of sp³-hybridized carbons (Fsp3) is 0.538. The average molecular weight is 321 g/mol. The maximum atomic E-state index is 13.5. The van der Waals surface area contributed by atoms with Crippen LogP contribution in [0.5, 0.6) is 0 Å². The Morgan fingerprint density at radius 1 is 1.48 bits per heavy atom. The molecule has 0 bridgehead atoms. The molecule has 118 valence electrons. The van der Waals surface area contributed by atoms with E-state index in [1.807, 2.05) is 0 Å². The maximum absolute atomic E-state index is 13.5. The summed E-state index contributed by atoms with van der Waals surface area (Å²) in [5.74, 6) is -2.59. The van der Waals surface area contributed by atoms with Crippen molar-refractivity contribution in [2.45, 2.75) is 30.4 Å². The molecule has 2 rings (SSSR count). The van der Waals surface area contributed by atoms with E-state index in [4.69, 9.17) is 9.47 Å². The van der Waals surface area contributed by atoms with Crippen LogP contribution in [0.3, 0.4) is 0 Å². The smallest absolute Gasteiger partial charge is 0.243 e. The lowest BCUT2D eigenvalue weighted by Gasteiger charge is -2.17. The highest BCUT2D eigenvalue weighted by Gasteiger charge is 2.24. The molecule has 21 heavy (non-hydrogen) atoms. The molecule has 5 nitrogen and oxygen atoms in total. The van der Waals surface area contributed by atoms with E-state index >= 15 is 0 Å². The molecule has 1 N–H and O–H groups in total. The molecule has 1 aromatic carbocycles. The lowest BCUT2D eigenvalue weighted by atomic mass is 10.3. The minimum absolute atomic E-state index is 0.0529. The zero-order valence-electron chi connectivity index (χ0n) is 11.5. The Bertz CT molecular complexity index is 588. The van der Waals surface area contributed by atoms with E-state index < -0.39 is 32.6 Å². The zero-order chi connectivity index (χ0) is 15.5. The van der Waals surface area contributed by atoms with Crippen LogP contribution < -0.4 is 4.72 Å². The van der Waals surface area contributed by atoms with Crippen LogP contribution in [-0.4, -0.2) is 40.4 Å². The van der Waals surface area contributed by atoms with Crippen LogP contribution >= 0.6 is 0 Å². The number of sulfonamides is 1. The van der Waals surface area contributed by atoms with Gasteiger partial charge in [-0.15, -0.1) is 0 Å². The van der Waals surface area contributed by atoms with Gasteiger partial charge in [-0.1, -0.05) is 6.07 Å². The molecule has 1 saturated heterocycles. The van der Waals surface area contributed by atoms with Crippen LogP contribution in [0.1, 0.15) is 13.3 Å². The molecule has 1 aliphatic rings. The van der Waals surface area contributed by atoms with Gasteiger partial charge in [0.1, 0.15) is 4.90 Å². The molecule has 1 heterocycles. The Morgan fingerprint density at radius 2 is 2.24 bits per heavy atom. The summed E-state index contributed by atoms with van der Waals surface area (Å²) in [6.45, 7) is 2.83. The van der Waals surface area contributed by atoms with Gasteiger partial charge in [0.25, 0.3) is 0 Å². The molecule has 0 saturated carbocycles.